The van der Waals surface area contributed by atoms with Crippen LogP contribution in [0, 0.1) is 16.9 Å². The lowest BCUT2D eigenvalue weighted by molar-refractivity contribution is -0.136. The maximum absolute atomic E-state index is 14.4. The molecule has 0 radical (unpaired) electrons. The summed E-state index contributed by atoms with van der Waals surface area (Å²) in [5, 5.41) is -0.138. The summed E-state index contributed by atoms with van der Waals surface area (Å²) in [4.78, 5) is 18.5. The summed E-state index contributed by atoms with van der Waals surface area (Å²) in [7, 11) is 1.88. The van der Waals surface area contributed by atoms with Gasteiger partial charge < -0.3 is 14.5 Å². The van der Waals surface area contributed by atoms with Crippen molar-refractivity contribution in [1.29, 1.82) is 0 Å². The molecule has 2 fully saturated rings. The number of thiophene rings is 1. The lowest BCUT2D eigenvalue weighted by atomic mass is 9.85. The molecule has 32 heavy (non-hydrogen) atoms. The number of hydrogen-bond acceptors (Lipinski definition) is 4. The van der Waals surface area contributed by atoms with Gasteiger partial charge in [-0.1, -0.05) is 18.2 Å². The van der Waals surface area contributed by atoms with Crippen molar-refractivity contribution >= 4 is 17.2 Å². The number of rotatable bonds is 6. The van der Waals surface area contributed by atoms with Crippen LogP contribution in [0.1, 0.15) is 41.7 Å². The molecule has 1 saturated carbocycles. The molecule has 2 aliphatic heterocycles. The monoisotopic (exact) mass is 460 g/mol. The molecule has 2 aromatic rings. The summed E-state index contributed by atoms with van der Waals surface area (Å²) in [6, 6.07) is 8.74. The van der Waals surface area contributed by atoms with Gasteiger partial charge in [-0.25, -0.2) is 4.39 Å². The van der Waals surface area contributed by atoms with Gasteiger partial charge >= 0.3 is 0 Å². The van der Waals surface area contributed by atoms with E-state index in [2.05, 4.69) is 4.90 Å². The highest BCUT2D eigenvalue weighted by molar-refractivity contribution is 7.10. The topological polar surface area (TPSA) is 32.8 Å². The predicted octanol–water partition coefficient (Wildman–Crippen LogP) is 4.37. The number of piperidine rings is 1. The van der Waals surface area contributed by atoms with E-state index in [9.17, 15) is 13.6 Å². The van der Waals surface area contributed by atoms with Crippen molar-refractivity contribution < 1.29 is 18.3 Å². The van der Waals surface area contributed by atoms with E-state index in [1.54, 1.807) is 18.2 Å². The SMILES string of the molecule is CN(C(=O)[C@@H](Cc1ccccc1F)CN1CCC2(CC1)OCCc1cc(F)sc12)C1CC1. The van der Waals surface area contributed by atoms with Crippen molar-refractivity contribution in [1.82, 2.24) is 9.80 Å². The number of likely N-dealkylation sites (tertiary alicyclic amines) is 1. The quantitative estimate of drug-likeness (QED) is 0.642. The van der Waals surface area contributed by atoms with Crippen molar-refractivity contribution in [2.45, 2.75) is 50.2 Å². The van der Waals surface area contributed by atoms with Crippen LogP contribution in [0.25, 0.3) is 0 Å². The number of nitrogens with zero attached hydrogens (tertiary/aromatic N) is 2. The van der Waals surface area contributed by atoms with Crippen LogP contribution in [0.3, 0.4) is 0 Å². The first kappa shape index (κ1) is 22.0. The summed E-state index contributed by atoms with van der Waals surface area (Å²) in [5.74, 6) is -0.430. The van der Waals surface area contributed by atoms with Gasteiger partial charge in [0.05, 0.1) is 12.5 Å². The Morgan fingerprint density at radius 2 is 2.03 bits per heavy atom. The molecule has 172 valence electrons. The van der Waals surface area contributed by atoms with Gasteiger partial charge in [-0.3, -0.25) is 4.79 Å². The molecule has 4 nitrogen and oxygen atoms in total. The number of fused-ring (bicyclic) bond motifs is 2. The summed E-state index contributed by atoms with van der Waals surface area (Å²) >= 11 is 1.22. The second-order valence-electron chi connectivity index (χ2n) is 9.47. The van der Waals surface area contributed by atoms with Gasteiger partial charge in [0.25, 0.3) is 0 Å². The molecule has 5 rings (SSSR count). The molecular formula is C25H30F2N2O2S. The van der Waals surface area contributed by atoms with Crippen LogP contribution in [0.5, 0.6) is 0 Å². The summed E-state index contributed by atoms with van der Waals surface area (Å²) in [5.41, 5.74) is 1.29. The van der Waals surface area contributed by atoms with Crippen LogP contribution < -0.4 is 0 Å². The molecule has 1 aliphatic carbocycles. The van der Waals surface area contributed by atoms with E-state index < -0.39 is 5.60 Å². The molecule has 1 spiro atoms. The Kier molecular flexibility index (Phi) is 6.07. The van der Waals surface area contributed by atoms with E-state index in [4.69, 9.17) is 4.74 Å². The Morgan fingerprint density at radius 3 is 2.75 bits per heavy atom. The van der Waals surface area contributed by atoms with E-state index in [1.165, 1.54) is 17.4 Å². The fourth-order valence-electron chi connectivity index (χ4n) is 5.26. The molecule has 3 aliphatic rings. The van der Waals surface area contributed by atoms with Gasteiger partial charge in [0, 0.05) is 37.6 Å². The molecule has 1 amide bonds. The van der Waals surface area contributed by atoms with Crippen molar-refractivity contribution in [2.24, 2.45) is 5.92 Å². The van der Waals surface area contributed by atoms with E-state index >= 15 is 0 Å². The Labute approximate surface area is 192 Å². The highest BCUT2D eigenvalue weighted by Crippen LogP contribution is 2.45. The maximum Gasteiger partial charge on any atom is 0.227 e. The average molecular weight is 461 g/mol. The van der Waals surface area contributed by atoms with Gasteiger partial charge in [0.15, 0.2) is 5.13 Å². The zero-order chi connectivity index (χ0) is 22.3. The summed E-state index contributed by atoms with van der Waals surface area (Å²) in [6.07, 6.45) is 4.86. The number of ether oxygens (including phenoxy) is 1. The normalized spacial score (nSPS) is 21.3. The van der Waals surface area contributed by atoms with Gasteiger partial charge in [-0.05, 0) is 61.8 Å². The zero-order valence-electron chi connectivity index (χ0n) is 18.5. The molecule has 1 atom stereocenters. The minimum absolute atomic E-state index is 0.104. The number of carbonyl (C=O) groups excluding carboxylic acids is 1. The second kappa shape index (κ2) is 8.84. The first-order chi connectivity index (χ1) is 15.4. The Morgan fingerprint density at radius 1 is 1.28 bits per heavy atom. The smallest absolute Gasteiger partial charge is 0.227 e. The van der Waals surface area contributed by atoms with Crippen molar-refractivity contribution in [3.05, 3.63) is 57.3 Å². The van der Waals surface area contributed by atoms with Gasteiger partial charge in [-0.2, -0.15) is 4.39 Å². The van der Waals surface area contributed by atoms with Crippen molar-refractivity contribution in [3.8, 4) is 0 Å². The zero-order valence-corrected chi connectivity index (χ0v) is 19.3. The molecule has 1 saturated heterocycles. The van der Waals surface area contributed by atoms with E-state index in [0.29, 0.717) is 31.2 Å². The standard InChI is InChI=1S/C25H30F2N2O2S/c1-28(20-6-7-20)24(30)19(14-17-4-2-3-5-21(17)26)16-29-11-9-25(10-12-29)23-18(8-13-31-25)15-22(27)32-23/h2-5,15,19-20H,6-14,16H2,1H3/t19-/m0/s1. The lowest BCUT2D eigenvalue weighted by Gasteiger charge is -2.44. The van der Waals surface area contributed by atoms with E-state index in [1.807, 2.05) is 18.0 Å². The Balaban J connectivity index is 1.29. The van der Waals surface area contributed by atoms with Crippen LogP contribution in [0.2, 0.25) is 0 Å². The number of halogens is 2. The highest BCUT2D eigenvalue weighted by atomic mass is 32.1. The van der Waals surface area contributed by atoms with Crippen LogP contribution in [0.4, 0.5) is 8.78 Å². The number of amides is 1. The summed E-state index contributed by atoms with van der Waals surface area (Å²) in [6.45, 7) is 2.80. The number of hydrogen-bond donors (Lipinski definition) is 0. The highest BCUT2D eigenvalue weighted by Gasteiger charge is 2.43. The van der Waals surface area contributed by atoms with E-state index in [0.717, 1.165) is 55.6 Å². The van der Waals surface area contributed by atoms with Crippen molar-refractivity contribution in [3.63, 3.8) is 0 Å². The number of benzene rings is 1. The van der Waals surface area contributed by atoms with Crippen LogP contribution in [0.15, 0.2) is 30.3 Å². The summed E-state index contributed by atoms with van der Waals surface area (Å²) < 4.78 is 34.5. The predicted molar refractivity (Wildman–Crippen MR) is 121 cm³/mol. The van der Waals surface area contributed by atoms with Gasteiger partial charge in [0.2, 0.25) is 5.91 Å². The molecule has 0 bridgehead atoms. The third-order valence-electron chi connectivity index (χ3n) is 7.30. The van der Waals surface area contributed by atoms with Crippen molar-refractivity contribution in [2.75, 3.05) is 33.3 Å². The fourth-order valence-corrected chi connectivity index (χ4v) is 6.39. The minimum Gasteiger partial charge on any atom is -0.369 e. The van der Waals surface area contributed by atoms with Gasteiger partial charge in [0.1, 0.15) is 11.4 Å². The average Bonchev–Trinajstić information content (AvgIpc) is 3.56. The second-order valence-corrected chi connectivity index (χ2v) is 10.5. The number of carbonyl (C=O) groups is 1. The molecular weight excluding hydrogens is 430 g/mol. The molecule has 3 heterocycles. The van der Waals surface area contributed by atoms with Crippen LogP contribution >= 0.6 is 11.3 Å². The maximum atomic E-state index is 14.4. The lowest BCUT2D eigenvalue weighted by Crippen LogP contribution is -2.49. The van der Waals surface area contributed by atoms with Crippen LogP contribution in [-0.4, -0.2) is 55.0 Å². The molecule has 0 unspecified atom stereocenters. The first-order valence-corrected chi connectivity index (χ1v) is 12.4. The van der Waals surface area contributed by atoms with E-state index in [-0.39, 0.29) is 22.8 Å². The molecule has 7 heteroatoms. The Bertz CT molecular complexity index is 982. The molecule has 1 aromatic heterocycles. The minimum atomic E-state index is -0.394. The fraction of sp³-hybridized carbons (Fsp3) is 0.560. The first-order valence-electron chi connectivity index (χ1n) is 11.6. The largest absolute Gasteiger partial charge is 0.369 e. The molecule has 1 aromatic carbocycles. The molecule has 0 N–H and O–H groups in total. The van der Waals surface area contributed by atoms with Crippen LogP contribution in [-0.2, 0) is 28.0 Å². The third kappa shape index (κ3) is 4.35. The third-order valence-corrected chi connectivity index (χ3v) is 8.45. The van der Waals surface area contributed by atoms with Gasteiger partial charge in [-0.15, -0.1) is 11.3 Å². The Hall–Kier alpha value is -1.83.